The summed E-state index contributed by atoms with van der Waals surface area (Å²) in [6, 6.07) is 0. The first-order valence-electron chi connectivity index (χ1n) is 7.31. The quantitative estimate of drug-likeness (QED) is 0.874. The van der Waals surface area contributed by atoms with E-state index in [4.69, 9.17) is 0 Å². The van der Waals surface area contributed by atoms with Gasteiger partial charge in [-0.05, 0) is 32.3 Å². The number of hydrogen-bond donors (Lipinski definition) is 0. The molecule has 1 aliphatic rings. The van der Waals surface area contributed by atoms with Gasteiger partial charge >= 0.3 is 0 Å². The van der Waals surface area contributed by atoms with Gasteiger partial charge in [0.15, 0.2) is 0 Å². The van der Waals surface area contributed by atoms with E-state index in [2.05, 4.69) is 17.0 Å². The van der Waals surface area contributed by atoms with Gasteiger partial charge in [0.1, 0.15) is 6.54 Å². The predicted molar refractivity (Wildman–Crippen MR) is 82.4 cm³/mol. The van der Waals surface area contributed by atoms with Gasteiger partial charge < -0.3 is 4.90 Å². The fourth-order valence-electron chi connectivity index (χ4n) is 2.76. The van der Waals surface area contributed by atoms with Crippen molar-refractivity contribution in [3.63, 3.8) is 0 Å². The van der Waals surface area contributed by atoms with E-state index >= 15 is 0 Å². The molecular formula is C15H20N4OS. The molecule has 6 heteroatoms. The Morgan fingerprint density at radius 1 is 1.43 bits per heavy atom. The number of amides is 1. The topological polar surface area (TPSA) is 51.0 Å². The molecule has 1 unspecified atom stereocenters. The minimum atomic E-state index is 0.149. The van der Waals surface area contributed by atoms with Crippen LogP contribution in [0.15, 0.2) is 18.6 Å². The van der Waals surface area contributed by atoms with Crippen molar-refractivity contribution in [1.29, 1.82) is 0 Å². The van der Waals surface area contributed by atoms with E-state index in [0.29, 0.717) is 12.5 Å². The molecule has 0 spiro atoms. The van der Waals surface area contributed by atoms with Gasteiger partial charge in [-0.1, -0.05) is 0 Å². The van der Waals surface area contributed by atoms with Crippen molar-refractivity contribution in [3.8, 4) is 0 Å². The van der Waals surface area contributed by atoms with Crippen LogP contribution in [0.2, 0.25) is 0 Å². The van der Waals surface area contributed by atoms with E-state index in [-0.39, 0.29) is 5.91 Å². The molecule has 0 radical (unpaired) electrons. The third-order valence-corrected chi connectivity index (χ3v) is 4.90. The Hall–Kier alpha value is -1.69. The molecule has 3 rings (SSSR count). The molecule has 21 heavy (non-hydrogen) atoms. The van der Waals surface area contributed by atoms with E-state index < -0.39 is 0 Å². The van der Waals surface area contributed by atoms with Crippen molar-refractivity contribution in [2.24, 2.45) is 0 Å². The first-order valence-corrected chi connectivity index (χ1v) is 8.12. The van der Waals surface area contributed by atoms with Gasteiger partial charge in [-0.15, -0.1) is 11.3 Å². The predicted octanol–water partition coefficient (Wildman–Crippen LogP) is 2.36. The van der Waals surface area contributed by atoms with Gasteiger partial charge in [0.05, 0.1) is 11.2 Å². The summed E-state index contributed by atoms with van der Waals surface area (Å²) < 4.78 is 1.72. The van der Waals surface area contributed by atoms with Crippen LogP contribution in [0.4, 0.5) is 0 Å². The minimum Gasteiger partial charge on any atom is -0.340 e. The molecule has 5 nitrogen and oxygen atoms in total. The van der Waals surface area contributed by atoms with Crippen LogP contribution >= 0.6 is 11.3 Å². The van der Waals surface area contributed by atoms with Crippen molar-refractivity contribution in [2.75, 3.05) is 13.1 Å². The average Bonchev–Trinajstić information content (AvgIpc) is 3.08. The van der Waals surface area contributed by atoms with Crippen LogP contribution in [-0.2, 0) is 11.3 Å². The van der Waals surface area contributed by atoms with E-state index in [1.54, 1.807) is 22.2 Å². The van der Waals surface area contributed by atoms with Crippen LogP contribution < -0.4 is 0 Å². The van der Waals surface area contributed by atoms with Gasteiger partial charge in [-0.3, -0.25) is 9.48 Å². The van der Waals surface area contributed by atoms with E-state index in [1.807, 2.05) is 24.2 Å². The summed E-state index contributed by atoms with van der Waals surface area (Å²) in [7, 11) is 0. The first kappa shape index (κ1) is 14.3. The largest absolute Gasteiger partial charge is 0.340 e. The second-order valence-electron chi connectivity index (χ2n) is 5.70. The molecule has 1 aliphatic heterocycles. The smallest absolute Gasteiger partial charge is 0.244 e. The van der Waals surface area contributed by atoms with Gasteiger partial charge in [-0.2, -0.15) is 5.10 Å². The zero-order valence-corrected chi connectivity index (χ0v) is 13.3. The second kappa shape index (κ2) is 5.97. The molecule has 2 aromatic rings. The molecule has 3 heterocycles. The monoisotopic (exact) mass is 304 g/mol. The van der Waals surface area contributed by atoms with E-state index in [1.165, 1.54) is 9.88 Å². The highest BCUT2D eigenvalue weighted by molar-refractivity contribution is 7.11. The van der Waals surface area contributed by atoms with Crippen molar-refractivity contribution in [2.45, 2.75) is 39.2 Å². The highest BCUT2D eigenvalue weighted by Gasteiger charge is 2.26. The number of likely N-dealkylation sites (tertiary alicyclic amines) is 1. The molecule has 0 saturated carbocycles. The number of aryl methyl sites for hydroxylation is 2. The minimum absolute atomic E-state index is 0.149. The lowest BCUT2D eigenvalue weighted by atomic mass is 9.99. The van der Waals surface area contributed by atoms with Gasteiger partial charge in [-0.25, -0.2) is 4.98 Å². The summed E-state index contributed by atoms with van der Waals surface area (Å²) in [5.74, 6) is 0.539. The molecule has 2 aromatic heterocycles. The Morgan fingerprint density at radius 2 is 2.29 bits per heavy atom. The number of carbonyl (C=O) groups is 1. The van der Waals surface area contributed by atoms with E-state index in [9.17, 15) is 4.79 Å². The summed E-state index contributed by atoms with van der Waals surface area (Å²) in [4.78, 5) is 20.1. The molecule has 1 amide bonds. The summed E-state index contributed by atoms with van der Waals surface area (Å²) in [6.07, 6.45) is 7.78. The lowest BCUT2D eigenvalue weighted by Gasteiger charge is -2.31. The summed E-state index contributed by atoms with van der Waals surface area (Å²) >= 11 is 1.75. The molecule has 1 saturated heterocycles. The Balaban J connectivity index is 1.64. The number of rotatable bonds is 3. The molecule has 112 valence electrons. The first-order chi connectivity index (χ1) is 10.1. The molecule has 0 aliphatic carbocycles. The number of piperidine rings is 1. The van der Waals surface area contributed by atoms with Gasteiger partial charge in [0.2, 0.25) is 5.91 Å². The highest BCUT2D eigenvalue weighted by Crippen LogP contribution is 2.29. The second-order valence-corrected chi connectivity index (χ2v) is 6.97. The molecule has 0 aromatic carbocycles. The van der Waals surface area contributed by atoms with Crippen LogP contribution in [0.1, 0.15) is 34.2 Å². The Morgan fingerprint density at radius 3 is 2.95 bits per heavy atom. The van der Waals surface area contributed by atoms with Crippen LogP contribution in [0.3, 0.4) is 0 Å². The summed E-state index contributed by atoms with van der Waals surface area (Å²) in [6.45, 7) is 6.02. The van der Waals surface area contributed by atoms with Gasteiger partial charge in [0.25, 0.3) is 0 Å². The van der Waals surface area contributed by atoms with Crippen molar-refractivity contribution < 1.29 is 4.79 Å². The lowest BCUT2D eigenvalue weighted by Crippen LogP contribution is -2.40. The average molecular weight is 304 g/mol. The maximum atomic E-state index is 12.4. The third kappa shape index (κ3) is 3.32. The maximum absolute atomic E-state index is 12.4. The fourth-order valence-corrected chi connectivity index (χ4v) is 3.66. The SMILES string of the molecule is Cc1cnn(CC(=O)N2CCCC(c3ncc(C)s3)C2)c1. The number of aromatic nitrogens is 3. The number of nitrogens with zero attached hydrogens (tertiary/aromatic N) is 4. The zero-order chi connectivity index (χ0) is 14.8. The Labute approximate surface area is 128 Å². The maximum Gasteiger partial charge on any atom is 0.244 e. The lowest BCUT2D eigenvalue weighted by molar-refractivity contribution is -0.133. The third-order valence-electron chi connectivity index (χ3n) is 3.82. The van der Waals surface area contributed by atoms with Gasteiger partial charge in [0, 0.05) is 36.3 Å². The molecule has 1 fully saturated rings. The fraction of sp³-hybridized carbons (Fsp3) is 0.533. The number of thiazole rings is 1. The molecular weight excluding hydrogens is 284 g/mol. The van der Waals surface area contributed by atoms with Crippen LogP contribution in [0.5, 0.6) is 0 Å². The zero-order valence-electron chi connectivity index (χ0n) is 12.5. The van der Waals surface area contributed by atoms with Crippen LogP contribution in [0.25, 0.3) is 0 Å². The van der Waals surface area contributed by atoms with Crippen molar-refractivity contribution in [1.82, 2.24) is 19.7 Å². The Kier molecular flexibility index (Phi) is 4.05. The van der Waals surface area contributed by atoms with Crippen molar-refractivity contribution >= 4 is 17.2 Å². The highest BCUT2D eigenvalue weighted by atomic mass is 32.1. The normalized spacial score (nSPS) is 19.0. The molecule has 0 N–H and O–H groups in total. The van der Waals surface area contributed by atoms with Crippen LogP contribution in [-0.4, -0.2) is 38.7 Å². The Bertz CT molecular complexity index is 633. The molecule has 1 atom stereocenters. The standard InChI is InChI=1S/C15H20N4OS/c1-11-6-17-19(8-11)10-14(20)18-5-3-4-13(9-18)15-16-7-12(2)21-15/h6-8,13H,3-5,9-10H2,1-2H3. The van der Waals surface area contributed by atoms with Crippen molar-refractivity contribution in [3.05, 3.63) is 34.0 Å². The number of hydrogen-bond acceptors (Lipinski definition) is 4. The van der Waals surface area contributed by atoms with E-state index in [0.717, 1.165) is 31.5 Å². The van der Waals surface area contributed by atoms with Crippen LogP contribution in [0, 0.1) is 13.8 Å². The number of carbonyl (C=O) groups excluding carboxylic acids is 1. The molecule has 0 bridgehead atoms. The summed E-state index contributed by atoms with van der Waals surface area (Å²) in [5, 5.41) is 5.36. The summed E-state index contributed by atoms with van der Waals surface area (Å²) in [5.41, 5.74) is 1.08.